The molecule has 0 unspecified atom stereocenters. The number of aryl methyl sites for hydroxylation is 1. The molecule has 1 atom stereocenters. The van der Waals surface area contributed by atoms with Crippen LogP contribution < -0.4 is 9.47 Å². The maximum Gasteiger partial charge on any atom is 0.254 e. The molecule has 0 bridgehead atoms. The lowest BCUT2D eigenvalue weighted by Crippen LogP contribution is -2.39. The Kier molecular flexibility index (Phi) is 6.38. The van der Waals surface area contributed by atoms with Crippen molar-refractivity contribution in [2.75, 3.05) is 13.7 Å². The number of rotatable bonds is 6. The van der Waals surface area contributed by atoms with Crippen LogP contribution in [0.4, 0.5) is 0 Å². The van der Waals surface area contributed by atoms with Crippen molar-refractivity contribution >= 4 is 5.91 Å². The minimum absolute atomic E-state index is 0.0509. The van der Waals surface area contributed by atoms with Crippen LogP contribution in [0.3, 0.4) is 0 Å². The Morgan fingerprint density at radius 2 is 1.77 bits per heavy atom. The summed E-state index contributed by atoms with van der Waals surface area (Å²) in [6.07, 6.45) is 5.94. The molecule has 5 rings (SSSR count). The van der Waals surface area contributed by atoms with Gasteiger partial charge >= 0.3 is 0 Å². The van der Waals surface area contributed by atoms with Gasteiger partial charge in [-0.05, 0) is 56.5 Å². The second-order valence-corrected chi connectivity index (χ2v) is 8.42. The van der Waals surface area contributed by atoms with E-state index in [1.54, 1.807) is 36.5 Å². The van der Waals surface area contributed by atoms with Gasteiger partial charge in [0.05, 0.1) is 13.2 Å². The van der Waals surface area contributed by atoms with E-state index in [9.17, 15) is 4.79 Å². The van der Waals surface area contributed by atoms with Crippen molar-refractivity contribution in [3.8, 4) is 23.1 Å². The van der Waals surface area contributed by atoms with Gasteiger partial charge in [-0.15, -0.1) is 10.2 Å². The van der Waals surface area contributed by atoms with Crippen molar-refractivity contribution in [3.05, 3.63) is 84.3 Å². The topological polar surface area (TPSA) is 95.3 Å². The Morgan fingerprint density at radius 3 is 2.60 bits per heavy atom. The smallest absolute Gasteiger partial charge is 0.254 e. The normalized spacial score (nSPS) is 15.6. The minimum atomic E-state index is -0.234. The molecule has 0 saturated carbocycles. The summed E-state index contributed by atoms with van der Waals surface area (Å²) in [5, 5.41) is 7.71. The molecule has 35 heavy (non-hydrogen) atoms. The Bertz CT molecular complexity index is 1320. The standard InChI is InChI=1S/C26H26N6O3/c1-18-13-24(35-22-10-6-9-21(15-22)34-2)30-25(29-18)23-11-3-4-12-32(23)26(33)19-7-5-8-20(14-19)31-16-27-28-17-31/h5-10,13-17,23H,3-4,11-12H2,1-2H3/t23-/m1/s1. The van der Waals surface area contributed by atoms with Crippen LogP contribution in [0.2, 0.25) is 0 Å². The zero-order valence-corrected chi connectivity index (χ0v) is 19.7. The molecule has 0 spiro atoms. The average molecular weight is 471 g/mol. The number of aromatic nitrogens is 5. The molecule has 1 aliphatic heterocycles. The van der Waals surface area contributed by atoms with Crippen molar-refractivity contribution < 1.29 is 14.3 Å². The Hall–Kier alpha value is -4.27. The van der Waals surface area contributed by atoms with Crippen molar-refractivity contribution in [1.82, 2.24) is 29.6 Å². The summed E-state index contributed by atoms with van der Waals surface area (Å²) in [6.45, 7) is 2.55. The maximum absolute atomic E-state index is 13.6. The van der Waals surface area contributed by atoms with Gasteiger partial charge in [0, 0.05) is 35.6 Å². The van der Waals surface area contributed by atoms with Gasteiger partial charge in [-0.25, -0.2) is 4.98 Å². The fourth-order valence-electron chi connectivity index (χ4n) is 4.29. The number of piperidine rings is 1. The third kappa shape index (κ3) is 4.98. The first-order valence-electron chi connectivity index (χ1n) is 11.5. The fourth-order valence-corrected chi connectivity index (χ4v) is 4.29. The van der Waals surface area contributed by atoms with Crippen LogP contribution in [0.25, 0.3) is 5.69 Å². The van der Waals surface area contributed by atoms with E-state index in [0.717, 1.165) is 30.6 Å². The number of carbonyl (C=O) groups excluding carboxylic acids is 1. The van der Waals surface area contributed by atoms with Crippen LogP contribution in [0, 0.1) is 6.92 Å². The van der Waals surface area contributed by atoms with E-state index < -0.39 is 0 Å². The van der Waals surface area contributed by atoms with Gasteiger partial charge in [0.15, 0.2) is 5.82 Å². The zero-order chi connectivity index (χ0) is 24.2. The van der Waals surface area contributed by atoms with E-state index in [4.69, 9.17) is 14.5 Å². The number of hydrogen-bond acceptors (Lipinski definition) is 7. The molecular weight excluding hydrogens is 444 g/mol. The van der Waals surface area contributed by atoms with E-state index in [2.05, 4.69) is 15.2 Å². The molecule has 1 saturated heterocycles. The van der Waals surface area contributed by atoms with E-state index in [1.807, 2.05) is 54.3 Å². The molecule has 2 aromatic carbocycles. The Morgan fingerprint density at radius 1 is 0.971 bits per heavy atom. The average Bonchev–Trinajstić information content (AvgIpc) is 3.43. The predicted molar refractivity (Wildman–Crippen MR) is 129 cm³/mol. The van der Waals surface area contributed by atoms with Crippen LogP contribution >= 0.6 is 0 Å². The number of amides is 1. The lowest BCUT2D eigenvalue weighted by Gasteiger charge is -2.35. The molecule has 1 aliphatic rings. The molecule has 178 valence electrons. The highest BCUT2D eigenvalue weighted by Crippen LogP contribution is 2.32. The molecule has 0 radical (unpaired) electrons. The summed E-state index contributed by atoms with van der Waals surface area (Å²) in [6, 6.07) is 16.4. The van der Waals surface area contributed by atoms with Crippen molar-refractivity contribution in [2.45, 2.75) is 32.2 Å². The van der Waals surface area contributed by atoms with Crippen LogP contribution in [-0.2, 0) is 0 Å². The number of likely N-dealkylation sites (tertiary alicyclic amines) is 1. The van der Waals surface area contributed by atoms with Crippen molar-refractivity contribution in [1.29, 1.82) is 0 Å². The number of hydrogen-bond donors (Lipinski definition) is 0. The van der Waals surface area contributed by atoms with Gasteiger partial charge in [-0.2, -0.15) is 4.98 Å². The molecular formula is C26H26N6O3. The lowest BCUT2D eigenvalue weighted by atomic mass is 9.99. The molecule has 4 aromatic rings. The molecule has 3 heterocycles. The Labute approximate surface area is 203 Å². The second-order valence-electron chi connectivity index (χ2n) is 8.42. The summed E-state index contributed by atoms with van der Waals surface area (Å²) >= 11 is 0. The van der Waals surface area contributed by atoms with Gasteiger partial charge in [0.2, 0.25) is 5.88 Å². The Balaban J connectivity index is 1.42. The molecule has 0 aliphatic carbocycles. The van der Waals surface area contributed by atoms with Crippen LogP contribution in [0.5, 0.6) is 17.4 Å². The van der Waals surface area contributed by atoms with Crippen LogP contribution in [0.1, 0.15) is 47.2 Å². The molecule has 1 fully saturated rings. The van der Waals surface area contributed by atoms with Gasteiger partial charge in [-0.3, -0.25) is 9.36 Å². The quantitative estimate of drug-likeness (QED) is 0.408. The highest BCUT2D eigenvalue weighted by atomic mass is 16.5. The fraction of sp³-hybridized carbons (Fsp3) is 0.269. The van der Waals surface area contributed by atoms with Gasteiger partial charge in [0.1, 0.15) is 24.2 Å². The lowest BCUT2D eigenvalue weighted by molar-refractivity contribution is 0.0598. The van der Waals surface area contributed by atoms with Gasteiger partial charge < -0.3 is 14.4 Å². The van der Waals surface area contributed by atoms with E-state index in [-0.39, 0.29) is 11.9 Å². The first-order valence-corrected chi connectivity index (χ1v) is 11.5. The number of benzene rings is 2. The number of ether oxygens (including phenoxy) is 2. The van der Waals surface area contributed by atoms with Gasteiger partial charge in [-0.1, -0.05) is 12.1 Å². The highest BCUT2D eigenvalue weighted by Gasteiger charge is 2.31. The first kappa shape index (κ1) is 22.5. The zero-order valence-electron chi connectivity index (χ0n) is 19.7. The predicted octanol–water partition coefficient (Wildman–Crippen LogP) is 4.53. The van der Waals surface area contributed by atoms with E-state index in [0.29, 0.717) is 35.3 Å². The molecule has 1 amide bonds. The summed E-state index contributed by atoms with van der Waals surface area (Å²) in [5.41, 5.74) is 2.21. The summed E-state index contributed by atoms with van der Waals surface area (Å²) in [4.78, 5) is 24.9. The summed E-state index contributed by atoms with van der Waals surface area (Å²) in [5.74, 6) is 2.30. The molecule has 0 N–H and O–H groups in total. The van der Waals surface area contributed by atoms with Crippen LogP contribution in [0.15, 0.2) is 67.3 Å². The molecule has 9 nitrogen and oxygen atoms in total. The molecule has 2 aromatic heterocycles. The highest BCUT2D eigenvalue weighted by molar-refractivity contribution is 5.95. The SMILES string of the molecule is COc1cccc(Oc2cc(C)nc([C@H]3CCCCN3C(=O)c3cccc(-n4cnnc4)c3)n2)c1. The first-order chi connectivity index (χ1) is 17.1. The van der Waals surface area contributed by atoms with Gasteiger partial charge in [0.25, 0.3) is 5.91 Å². The monoisotopic (exact) mass is 470 g/mol. The van der Waals surface area contributed by atoms with E-state index in [1.165, 1.54) is 0 Å². The number of carbonyl (C=O) groups is 1. The van der Waals surface area contributed by atoms with Crippen molar-refractivity contribution in [2.24, 2.45) is 0 Å². The summed E-state index contributed by atoms with van der Waals surface area (Å²) < 4.78 is 13.1. The largest absolute Gasteiger partial charge is 0.497 e. The summed E-state index contributed by atoms with van der Waals surface area (Å²) in [7, 11) is 1.61. The van der Waals surface area contributed by atoms with Crippen molar-refractivity contribution in [3.63, 3.8) is 0 Å². The maximum atomic E-state index is 13.6. The third-order valence-corrected chi connectivity index (χ3v) is 5.98. The number of nitrogens with zero attached hydrogens (tertiary/aromatic N) is 6. The minimum Gasteiger partial charge on any atom is -0.497 e. The molecule has 9 heteroatoms. The number of methoxy groups -OCH3 is 1. The van der Waals surface area contributed by atoms with Crippen LogP contribution in [-0.4, -0.2) is 49.2 Å². The third-order valence-electron chi connectivity index (χ3n) is 5.98. The second kappa shape index (κ2) is 9.92. The van der Waals surface area contributed by atoms with E-state index >= 15 is 0 Å².